The molecule has 0 radical (unpaired) electrons. The van der Waals surface area contributed by atoms with Crippen molar-refractivity contribution in [1.29, 1.82) is 0 Å². The molecule has 1 unspecified atom stereocenters. The Morgan fingerprint density at radius 1 is 1.67 bits per heavy atom. The molecule has 18 heavy (non-hydrogen) atoms. The fraction of sp³-hybridized carbons (Fsp3) is 0.364. The molecule has 0 bridgehead atoms. The summed E-state index contributed by atoms with van der Waals surface area (Å²) in [5.74, 6) is -0.211. The van der Waals surface area contributed by atoms with Crippen molar-refractivity contribution in [1.82, 2.24) is 14.8 Å². The van der Waals surface area contributed by atoms with Crippen LogP contribution in [0.15, 0.2) is 22.2 Å². The molecule has 0 saturated heterocycles. The van der Waals surface area contributed by atoms with Gasteiger partial charge in [0.25, 0.3) is 0 Å². The SMILES string of the molecule is Cc1csc(NC(=O)C(C)Cn2cc(Br)cn2)n1. The Balaban J connectivity index is 1.92. The molecule has 2 aromatic heterocycles. The first kappa shape index (κ1) is 13.2. The molecule has 2 heterocycles. The zero-order valence-corrected chi connectivity index (χ0v) is 12.5. The predicted octanol–water partition coefficient (Wildman–Crippen LogP) is 2.69. The van der Waals surface area contributed by atoms with Gasteiger partial charge in [-0.25, -0.2) is 4.98 Å². The fourth-order valence-corrected chi connectivity index (χ4v) is 2.46. The van der Waals surface area contributed by atoms with Gasteiger partial charge in [0.2, 0.25) is 5.91 Å². The Labute approximate surface area is 117 Å². The highest BCUT2D eigenvalue weighted by Crippen LogP contribution is 2.16. The summed E-state index contributed by atoms with van der Waals surface area (Å²) in [5.41, 5.74) is 0.916. The Kier molecular flexibility index (Phi) is 4.13. The summed E-state index contributed by atoms with van der Waals surface area (Å²) in [6.45, 7) is 4.31. The van der Waals surface area contributed by atoms with Gasteiger partial charge in [0.1, 0.15) is 0 Å². The quantitative estimate of drug-likeness (QED) is 0.938. The molecule has 7 heteroatoms. The maximum absolute atomic E-state index is 11.9. The van der Waals surface area contributed by atoms with Gasteiger partial charge in [0.15, 0.2) is 5.13 Å². The molecule has 0 aliphatic heterocycles. The number of rotatable bonds is 4. The van der Waals surface area contributed by atoms with Crippen molar-refractivity contribution in [2.75, 3.05) is 5.32 Å². The molecule has 1 N–H and O–H groups in total. The number of nitrogens with one attached hydrogen (secondary N) is 1. The number of carbonyl (C=O) groups excluding carboxylic acids is 1. The summed E-state index contributed by atoms with van der Waals surface area (Å²) in [7, 11) is 0. The van der Waals surface area contributed by atoms with Gasteiger partial charge in [-0.15, -0.1) is 11.3 Å². The second kappa shape index (κ2) is 5.62. The van der Waals surface area contributed by atoms with Crippen LogP contribution in [0.3, 0.4) is 0 Å². The summed E-state index contributed by atoms with van der Waals surface area (Å²) in [6, 6.07) is 0. The number of aryl methyl sites for hydroxylation is 1. The second-order valence-corrected chi connectivity index (χ2v) is 5.84. The van der Waals surface area contributed by atoms with Gasteiger partial charge in [-0.3, -0.25) is 9.48 Å². The van der Waals surface area contributed by atoms with Gasteiger partial charge in [0.05, 0.1) is 28.8 Å². The Morgan fingerprint density at radius 3 is 3.00 bits per heavy atom. The second-order valence-electron chi connectivity index (χ2n) is 4.06. The fourth-order valence-electron chi connectivity index (χ4n) is 1.44. The Bertz CT molecular complexity index is 551. The first-order chi connectivity index (χ1) is 8.54. The monoisotopic (exact) mass is 328 g/mol. The van der Waals surface area contributed by atoms with Crippen molar-refractivity contribution in [2.24, 2.45) is 5.92 Å². The molecule has 96 valence electrons. The lowest BCUT2D eigenvalue weighted by Gasteiger charge is -2.10. The average molecular weight is 329 g/mol. The number of amides is 1. The summed E-state index contributed by atoms with van der Waals surface area (Å²) in [6.07, 6.45) is 3.55. The highest BCUT2D eigenvalue weighted by Gasteiger charge is 2.15. The molecule has 0 fully saturated rings. The zero-order chi connectivity index (χ0) is 13.1. The van der Waals surface area contributed by atoms with Crippen LogP contribution in [-0.4, -0.2) is 20.7 Å². The van der Waals surface area contributed by atoms with Crippen LogP contribution in [0.5, 0.6) is 0 Å². The normalized spacial score (nSPS) is 12.4. The number of hydrogen-bond acceptors (Lipinski definition) is 4. The summed E-state index contributed by atoms with van der Waals surface area (Å²) >= 11 is 4.76. The number of halogens is 1. The van der Waals surface area contributed by atoms with Crippen LogP contribution in [0.2, 0.25) is 0 Å². The summed E-state index contributed by atoms with van der Waals surface area (Å²) in [5, 5.41) is 9.48. The first-order valence-corrected chi connectivity index (χ1v) is 7.13. The highest BCUT2D eigenvalue weighted by molar-refractivity contribution is 9.10. The molecule has 1 amide bonds. The molecule has 2 aromatic rings. The van der Waals surface area contributed by atoms with E-state index in [1.54, 1.807) is 10.9 Å². The molecule has 2 rings (SSSR count). The highest BCUT2D eigenvalue weighted by atomic mass is 79.9. The van der Waals surface area contributed by atoms with Gasteiger partial charge in [-0.05, 0) is 22.9 Å². The number of anilines is 1. The maximum Gasteiger partial charge on any atom is 0.230 e. The smallest absolute Gasteiger partial charge is 0.230 e. The Morgan fingerprint density at radius 2 is 2.44 bits per heavy atom. The van der Waals surface area contributed by atoms with E-state index in [0.717, 1.165) is 10.2 Å². The summed E-state index contributed by atoms with van der Waals surface area (Å²) in [4.78, 5) is 16.1. The van der Waals surface area contributed by atoms with Crippen LogP contribution in [-0.2, 0) is 11.3 Å². The molecule has 0 aliphatic carbocycles. The lowest BCUT2D eigenvalue weighted by molar-refractivity contribution is -0.119. The van der Waals surface area contributed by atoms with E-state index in [9.17, 15) is 4.79 Å². The van der Waals surface area contributed by atoms with Crippen molar-refractivity contribution < 1.29 is 4.79 Å². The number of thiazole rings is 1. The van der Waals surface area contributed by atoms with Crippen molar-refractivity contribution in [3.8, 4) is 0 Å². The third-order valence-electron chi connectivity index (χ3n) is 2.36. The van der Waals surface area contributed by atoms with Gasteiger partial charge >= 0.3 is 0 Å². The number of aromatic nitrogens is 3. The minimum atomic E-state index is -0.166. The molecule has 0 aromatic carbocycles. The van der Waals surface area contributed by atoms with Crippen molar-refractivity contribution in [2.45, 2.75) is 20.4 Å². The van der Waals surface area contributed by atoms with Crippen LogP contribution in [0.4, 0.5) is 5.13 Å². The lowest BCUT2D eigenvalue weighted by atomic mass is 10.2. The topological polar surface area (TPSA) is 59.8 Å². The third-order valence-corrected chi connectivity index (χ3v) is 3.64. The zero-order valence-electron chi connectivity index (χ0n) is 10.1. The van der Waals surface area contributed by atoms with Crippen LogP contribution < -0.4 is 5.32 Å². The average Bonchev–Trinajstić information content (AvgIpc) is 2.88. The number of carbonyl (C=O) groups is 1. The van der Waals surface area contributed by atoms with Crippen LogP contribution >= 0.6 is 27.3 Å². The van der Waals surface area contributed by atoms with E-state index in [0.29, 0.717) is 11.7 Å². The summed E-state index contributed by atoms with van der Waals surface area (Å²) < 4.78 is 2.65. The van der Waals surface area contributed by atoms with Crippen molar-refractivity contribution in [3.05, 3.63) is 27.9 Å². The van der Waals surface area contributed by atoms with Crippen LogP contribution in [0, 0.1) is 12.8 Å². The van der Waals surface area contributed by atoms with E-state index in [-0.39, 0.29) is 11.8 Å². The minimum Gasteiger partial charge on any atom is -0.302 e. The van der Waals surface area contributed by atoms with Gasteiger partial charge in [-0.2, -0.15) is 5.10 Å². The van der Waals surface area contributed by atoms with Gasteiger partial charge in [0, 0.05) is 11.6 Å². The van der Waals surface area contributed by atoms with Crippen molar-refractivity contribution >= 4 is 38.3 Å². The molecule has 0 saturated carbocycles. The lowest BCUT2D eigenvalue weighted by Crippen LogP contribution is -2.24. The largest absolute Gasteiger partial charge is 0.302 e. The molecular weight excluding hydrogens is 316 g/mol. The Hall–Kier alpha value is -1.21. The van der Waals surface area contributed by atoms with Gasteiger partial charge < -0.3 is 5.32 Å². The van der Waals surface area contributed by atoms with E-state index in [2.05, 4.69) is 31.3 Å². The number of hydrogen-bond donors (Lipinski definition) is 1. The van der Waals surface area contributed by atoms with E-state index in [1.165, 1.54) is 11.3 Å². The molecular formula is C11H13BrN4OS. The molecule has 0 aliphatic rings. The predicted molar refractivity (Wildman–Crippen MR) is 74.6 cm³/mol. The third kappa shape index (κ3) is 3.39. The number of nitrogens with zero attached hydrogens (tertiary/aromatic N) is 3. The maximum atomic E-state index is 11.9. The van der Waals surface area contributed by atoms with E-state index >= 15 is 0 Å². The minimum absolute atomic E-state index is 0.0454. The van der Waals surface area contributed by atoms with E-state index in [4.69, 9.17) is 0 Å². The van der Waals surface area contributed by atoms with E-state index < -0.39 is 0 Å². The van der Waals surface area contributed by atoms with Crippen LogP contribution in [0.1, 0.15) is 12.6 Å². The van der Waals surface area contributed by atoms with Gasteiger partial charge in [-0.1, -0.05) is 6.92 Å². The molecule has 1 atom stereocenters. The first-order valence-electron chi connectivity index (χ1n) is 5.45. The molecule has 0 spiro atoms. The molecule has 5 nitrogen and oxygen atoms in total. The van der Waals surface area contributed by atoms with Crippen molar-refractivity contribution in [3.63, 3.8) is 0 Å². The van der Waals surface area contributed by atoms with E-state index in [1.807, 2.05) is 25.4 Å². The standard InChI is InChI=1S/C11H13BrN4OS/c1-7(4-16-5-9(12)3-13-16)10(17)15-11-14-8(2)6-18-11/h3,5-7H,4H2,1-2H3,(H,14,15,17). The van der Waals surface area contributed by atoms with Crippen LogP contribution in [0.25, 0.3) is 0 Å².